The predicted octanol–water partition coefficient (Wildman–Crippen LogP) is 4.08. The number of anilines is 1. The minimum absolute atomic E-state index is 0.126. The van der Waals surface area contributed by atoms with E-state index in [0.29, 0.717) is 21.8 Å². The number of rotatable bonds is 5. The van der Waals surface area contributed by atoms with Crippen molar-refractivity contribution in [3.05, 3.63) is 75.5 Å². The van der Waals surface area contributed by atoms with Crippen LogP contribution in [0, 0.1) is 13.8 Å². The van der Waals surface area contributed by atoms with E-state index in [1.165, 1.54) is 4.57 Å². The highest BCUT2D eigenvalue weighted by atomic mass is 35.5. The van der Waals surface area contributed by atoms with E-state index < -0.39 is 5.76 Å². The molecule has 0 aliphatic carbocycles. The Morgan fingerprint density at radius 3 is 2.76 bits per heavy atom. The lowest BCUT2D eigenvalue weighted by molar-refractivity contribution is -0.116. The molecule has 0 saturated carbocycles. The van der Waals surface area contributed by atoms with Crippen molar-refractivity contribution in [2.45, 2.75) is 26.8 Å². The molecule has 0 fully saturated rings. The van der Waals surface area contributed by atoms with Gasteiger partial charge < -0.3 is 9.73 Å². The summed E-state index contributed by atoms with van der Waals surface area (Å²) in [7, 11) is 0. The molecule has 148 valence electrons. The van der Waals surface area contributed by atoms with Gasteiger partial charge in [0.15, 0.2) is 5.58 Å². The molecular formula is C21H19ClN4O3. The lowest BCUT2D eigenvalue weighted by Crippen LogP contribution is -2.19. The van der Waals surface area contributed by atoms with Crippen molar-refractivity contribution in [2.75, 3.05) is 5.32 Å². The molecule has 29 heavy (non-hydrogen) atoms. The number of hydrogen-bond donors (Lipinski definition) is 1. The number of fused-ring (bicyclic) bond motifs is 1. The Kier molecular flexibility index (Phi) is 4.98. The van der Waals surface area contributed by atoms with Gasteiger partial charge in [-0.25, -0.2) is 9.48 Å². The standard InChI is InChI=1S/C21H19ClN4O3/c1-13-10-14(2)26(24-13)17-5-3-4-16(12-17)23-20(27)8-9-25-18-7-6-15(22)11-19(18)29-21(25)28/h3-7,10-12H,8-9H2,1-2H3,(H,23,27). The van der Waals surface area contributed by atoms with E-state index >= 15 is 0 Å². The Labute approximate surface area is 171 Å². The van der Waals surface area contributed by atoms with Crippen LogP contribution in [0.2, 0.25) is 5.02 Å². The summed E-state index contributed by atoms with van der Waals surface area (Å²) in [6.07, 6.45) is 0.126. The van der Waals surface area contributed by atoms with Gasteiger partial charge in [0, 0.05) is 35.4 Å². The summed E-state index contributed by atoms with van der Waals surface area (Å²) in [6.45, 7) is 4.12. The van der Waals surface area contributed by atoms with Crippen LogP contribution >= 0.6 is 11.6 Å². The number of aromatic nitrogens is 3. The third-order valence-electron chi connectivity index (χ3n) is 4.58. The van der Waals surface area contributed by atoms with Crippen molar-refractivity contribution in [1.82, 2.24) is 14.3 Å². The van der Waals surface area contributed by atoms with E-state index in [9.17, 15) is 9.59 Å². The maximum absolute atomic E-state index is 12.4. The fourth-order valence-corrected chi connectivity index (χ4v) is 3.46. The molecule has 2 aromatic carbocycles. The zero-order valence-electron chi connectivity index (χ0n) is 16.0. The summed E-state index contributed by atoms with van der Waals surface area (Å²) in [5, 5.41) is 7.82. The summed E-state index contributed by atoms with van der Waals surface area (Å²) in [6, 6.07) is 14.4. The lowest BCUT2D eigenvalue weighted by atomic mass is 10.2. The summed E-state index contributed by atoms with van der Waals surface area (Å²) in [5.41, 5.74) is 4.48. The van der Waals surface area contributed by atoms with E-state index in [4.69, 9.17) is 16.0 Å². The molecule has 0 atom stereocenters. The quantitative estimate of drug-likeness (QED) is 0.537. The molecule has 0 radical (unpaired) electrons. The van der Waals surface area contributed by atoms with Gasteiger partial charge in [-0.15, -0.1) is 0 Å². The van der Waals surface area contributed by atoms with Crippen molar-refractivity contribution in [2.24, 2.45) is 0 Å². The number of carbonyl (C=O) groups excluding carboxylic acids is 1. The van der Waals surface area contributed by atoms with Crippen LogP contribution in [-0.2, 0) is 11.3 Å². The van der Waals surface area contributed by atoms with Crippen LogP contribution in [0.25, 0.3) is 16.8 Å². The molecule has 1 N–H and O–H groups in total. The zero-order valence-corrected chi connectivity index (χ0v) is 16.7. The fraction of sp³-hybridized carbons (Fsp3) is 0.190. The van der Waals surface area contributed by atoms with Crippen LogP contribution in [0.5, 0.6) is 0 Å². The average Bonchev–Trinajstić information content (AvgIpc) is 3.17. The van der Waals surface area contributed by atoms with Gasteiger partial charge in [-0.05, 0) is 50.2 Å². The number of carbonyl (C=O) groups is 1. The van der Waals surface area contributed by atoms with Crippen molar-refractivity contribution >= 4 is 34.3 Å². The molecule has 0 saturated heterocycles. The van der Waals surface area contributed by atoms with Gasteiger partial charge in [-0.3, -0.25) is 9.36 Å². The maximum atomic E-state index is 12.4. The minimum atomic E-state index is -0.512. The largest absolute Gasteiger partial charge is 0.419 e. The molecule has 0 bridgehead atoms. The van der Waals surface area contributed by atoms with Crippen molar-refractivity contribution < 1.29 is 9.21 Å². The summed E-state index contributed by atoms with van der Waals surface area (Å²) >= 11 is 5.92. The van der Waals surface area contributed by atoms with Crippen LogP contribution in [0.3, 0.4) is 0 Å². The predicted molar refractivity (Wildman–Crippen MR) is 112 cm³/mol. The third kappa shape index (κ3) is 3.95. The second-order valence-corrected chi connectivity index (χ2v) is 7.26. The van der Waals surface area contributed by atoms with E-state index in [2.05, 4.69) is 10.4 Å². The number of oxazole rings is 1. The Hall–Kier alpha value is -3.32. The van der Waals surface area contributed by atoms with Gasteiger partial charge >= 0.3 is 5.76 Å². The molecule has 0 aliphatic heterocycles. The first-order valence-electron chi connectivity index (χ1n) is 9.13. The number of nitrogens with zero attached hydrogens (tertiary/aromatic N) is 3. The number of amides is 1. The highest BCUT2D eigenvalue weighted by Crippen LogP contribution is 2.19. The molecular weight excluding hydrogens is 392 g/mol. The fourth-order valence-electron chi connectivity index (χ4n) is 3.29. The summed E-state index contributed by atoms with van der Waals surface area (Å²) in [5.74, 6) is -0.715. The minimum Gasteiger partial charge on any atom is -0.408 e. The molecule has 4 rings (SSSR count). The SMILES string of the molecule is Cc1cc(C)n(-c2cccc(NC(=O)CCn3c(=O)oc4cc(Cl)ccc43)c2)n1. The monoisotopic (exact) mass is 410 g/mol. The molecule has 2 aromatic heterocycles. The van der Waals surface area contributed by atoms with E-state index in [1.807, 2.05) is 48.9 Å². The van der Waals surface area contributed by atoms with Gasteiger partial charge in [0.05, 0.1) is 16.9 Å². The van der Waals surface area contributed by atoms with Crippen LogP contribution in [0.1, 0.15) is 17.8 Å². The second-order valence-electron chi connectivity index (χ2n) is 6.82. The Balaban J connectivity index is 1.47. The van der Waals surface area contributed by atoms with Gasteiger partial charge in [0.25, 0.3) is 0 Å². The maximum Gasteiger partial charge on any atom is 0.419 e. The Morgan fingerprint density at radius 2 is 2.00 bits per heavy atom. The highest BCUT2D eigenvalue weighted by molar-refractivity contribution is 6.31. The summed E-state index contributed by atoms with van der Waals surface area (Å²) in [4.78, 5) is 24.5. The first-order chi connectivity index (χ1) is 13.9. The van der Waals surface area contributed by atoms with Crippen molar-refractivity contribution in [3.63, 3.8) is 0 Å². The first kappa shape index (κ1) is 19.0. The molecule has 0 unspecified atom stereocenters. The van der Waals surface area contributed by atoms with Gasteiger partial charge in [-0.2, -0.15) is 5.10 Å². The Bertz CT molecular complexity index is 1270. The Morgan fingerprint density at radius 1 is 1.17 bits per heavy atom. The number of nitrogens with one attached hydrogen (secondary N) is 1. The number of halogens is 1. The molecule has 0 spiro atoms. The second kappa shape index (κ2) is 7.60. The highest BCUT2D eigenvalue weighted by Gasteiger charge is 2.12. The van der Waals surface area contributed by atoms with Crippen LogP contribution < -0.4 is 11.1 Å². The molecule has 1 amide bonds. The van der Waals surface area contributed by atoms with E-state index in [-0.39, 0.29) is 18.9 Å². The van der Waals surface area contributed by atoms with Gasteiger partial charge in [-0.1, -0.05) is 17.7 Å². The van der Waals surface area contributed by atoms with E-state index in [1.54, 1.807) is 18.2 Å². The van der Waals surface area contributed by atoms with Crippen LogP contribution in [0.15, 0.2) is 57.7 Å². The molecule has 8 heteroatoms. The molecule has 0 aliphatic rings. The number of hydrogen-bond acceptors (Lipinski definition) is 4. The molecule has 7 nitrogen and oxygen atoms in total. The topological polar surface area (TPSA) is 82.1 Å². The van der Waals surface area contributed by atoms with Gasteiger partial charge in [0.1, 0.15) is 0 Å². The smallest absolute Gasteiger partial charge is 0.408 e. The van der Waals surface area contributed by atoms with Gasteiger partial charge in [0.2, 0.25) is 5.91 Å². The molecule has 4 aromatic rings. The van der Waals surface area contributed by atoms with Crippen molar-refractivity contribution in [3.8, 4) is 5.69 Å². The average molecular weight is 411 g/mol. The number of aryl methyl sites for hydroxylation is 3. The number of benzene rings is 2. The zero-order chi connectivity index (χ0) is 20.5. The summed E-state index contributed by atoms with van der Waals surface area (Å²) < 4.78 is 8.44. The van der Waals surface area contributed by atoms with Crippen LogP contribution in [0.4, 0.5) is 5.69 Å². The van der Waals surface area contributed by atoms with Crippen LogP contribution in [-0.4, -0.2) is 20.3 Å². The first-order valence-corrected chi connectivity index (χ1v) is 9.51. The molecule has 2 heterocycles. The van der Waals surface area contributed by atoms with Crippen molar-refractivity contribution in [1.29, 1.82) is 0 Å². The third-order valence-corrected chi connectivity index (χ3v) is 4.81. The van der Waals surface area contributed by atoms with E-state index in [0.717, 1.165) is 17.1 Å². The normalized spacial score (nSPS) is 11.1. The lowest BCUT2D eigenvalue weighted by Gasteiger charge is -2.09.